The van der Waals surface area contributed by atoms with E-state index in [1.54, 1.807) is 18.2 Å². The molecular formula is C23H27NO3Si. The standard InChI is InChI=1S/C23H27NO3Si/c1-14(2)28(15(3)4,16(5)6)13-12-17-10-11-20-21-18(17)8-7-9-19(21)22(25)24(27)23(20)26/h7-11,14-16,27H,1-6H3. The zero-order valence-electron chi connectivity index (χ0n) is 17.3. The van der Waals surface area contributed by atoms with Gasteiger partial charge in [-0.15, -0.1) is 10.6 Å². The van der Waals surface area contributed by atoms with E-state index in [2.05, 4.69) is 53.0 Å². The fraction of sp³-hybridized carbons (Fsp3) is 0.391. The topological polar surface area (TPSA) is 57.6 Å². The van der Waals surface area contributed by atoms with Crippen LogP contribution < -0.4 is 0 Å². The lowest BCUT2D eigenvalue weighted by Gasteiger charge is -2.38. The highest BCUT2D eigenvalue weighted by Crippen LogP contribution is 2.41. The Kier molecular flexibility index (Phi) is 5.22. The molecule has 28 heavy (non-hydrogen) atoms. The Balaban J connectivity index is 2.26. The largest absolute Gasteiger partial charge is 0.285 e. The van der Waals surface area contributed by atoms with Crippen molar-refractivity contribution in [1.29, 1.82) is 0 Å². The smallest absolute Gasteiger partial charge is 0.278 e. The number of benzene rings is 2. The zero-order valence-corrected chi connectivity index (χ0v) is 18.3. The summed E-state index contributed by atoms with van der Waals surface area (Å²) in [5, 5.41) is 11.4. The number of rotatable bonds is 3. The van der Waals surface area contributed by atoms with Gasteiger partial charge in [-0.1, -0.05) is 59.6 Å². The van der Waals surface area contributed by atoms with Crippen molar-refractivity contribution < 1.29 is 14.8 Å². The molecule has 2 amide bonds. The Bertz CT molecular complexity index is 983. The predicted molar refractivity (Wildman–Crippen MR) is 114 cm³/mol. The number of hydrogen-bond donors (Lipinski definition) is 1. The van der Waals surface area contributed by atoms with Crippen molar-refractivity contribution in [3.05, 3.63) is 47.0 Å². The maximum absolute atomic E-state index is 12.3. The number of hydrogen-bond acceptors (Lipinski definition) is 3. The molecule has 0 radical (unpaired) electrons. The minimum atomic E-state index is -1.90. The molecule has 0 unspecified atom stereocenters. The summed E-state index contributed by atoms with van der Waals surface area (Å²) in [6.07, 6.45) is 0. The molecule has 0 atom stereocenters. The van der Waals surface area contributed by atoms with Crippen molar-refractivity contribution in [2.45, 2.75) is 58.2 Å². The van der Waals surface area contributed by atoms with Gasteiger partial charge in [0.15, 0.2) is 0 Å². The molecule has 0 saturated carbocycles. The van der Waals surface area contributed by atoms with Gasteiger partial charge >= 0.3 is 0 Å². The molecular weight excluding hydrogens is 366 g/mol. The molecule has 2 aromatic carbocycles. The normalized spacial score (nSPS) is 14.3. The molecule has 5 heteroatoms. The number of carbonyl (C=O) groups is 2. The molecule has 0 aliphatic carbocycles. The fourth-order valence-corrected chi connectivity index (χ4v) is 10.0. The van der Waals surface area contributed by atoms with E-state index >= 15 is 0 Å². The molecule has 3 rings (SSSR count). The highest BCUT2D eigenvalue weighted by atomic mass is 28.3. The molecule has 0 bridgehead atoms. The van der Waals surface area contributed by atoms with Crippen molar-refractivity contribution in [3.63, 3.8) is 0 Å². The molecule has 1 aliphatic heterocycles. The SMILES string of the molecule is CC(C)[Si](C#Cc1ccc2c3c(cccc13)C(=O)N(O)C2=O)(C(C)C)C(C)C. The third-order valence-electron chi connectivity index (χ3n) is 6.17. The Hall–Kier alpha value is -2.42. The van der Waals surface area contributed by atoms with E-state index in [1.807, 2.05) is 12.1 Å². The number of amides is 2. The second-order valence-corrected chi connectivity index (χ2v) is 14.0. The zero-order chi connectivity index (χ0) is 20.8. The summed E-state index contributed by atoms with van der Waals surface area (Å²) in [5.41, 5.74) is 6.75. The maximum Gasteiger partial charge on any atom is 0.285 e. The van der Waals surface area contributed by atoms with Crippen LogP contribution in [0.15, 0.2) is 30.3 Å². The first-order chi connectivity index (χ1) is 13.1. The Morgan fingerprint density at radius 3 is 1.93 bits per heavy atom. The van der Waals surface area contributed by atoms with E-state index in [0.29, 0.717) is 33.1 Å². The molecule has 1 aliphatic rings. The van der Waals surface area contributed by atoms with Crippen molar-refractivity contribution in [2.75, 3.05) is 0 Å². The van der Waals surface area contributed by atoms with Crippen molar-refractivity contribution >= 4 is 30.7 Å². The molecule has 2 aromatic rings. The van der Waals surface area contributed by atoms with E-state index in [0.717, 1.165) is 10.9 Å². The Morgan fingerprint density at radius 2 is 1.39 bits per heavy atom. The van der Waals surface area contributed by atoms with Gasteiger partial charge in [0.25, 0.3) is 11.8 Å². The summed E-state index contributed by atoms with van der Waals surface area (Å²) in [6, 6.07) is 8.79. The van der Waals surface area contributed by atoms with Gasteiger partial charge in [-0.2, -0.15) is 0 Å². The molecule has 4 nitrogen and oxygen atoms in total. The minimum Gasteiger partial charge on any atom is -0.278 e. The molecule has 146 valence electrons. The molecule has 1 N–H and O–H groups in total. The summed E-state index contributed by atoms with van der Waals surface area (Å²) >= 11 is 0. The highest BCUT2D eigenvalue weighted by Gasteiger charge is 2.41. The van der Waals surface area contributed by atoms with Gasteiger partial charge in [0.1, 0.15) is 8.07 Å². The minimum absolute atomic E-state index is 0.191. The number of hydroxylamine groups is 2. The van der Waals surface area contributed by atoms with Gasteiger partial charge < -0.3 is 0 Å². The average Bonchev–Trinajstić information content (AvgIpc) is 2.64. The fourth-order valence-electron chi connectivity index (χ4n) is 4.80. The van der Waals surface area contributed by atoms with Crippen LogP contribution in [0.3, 0.4) is 0 Å². The lowest BCUT2D eigenvalue weighted by Crippen LogP contribution is -2.43. The highest BCUT2D eigenvalue weighted by molar-refractivity contribution is 6.90. The van der Waals surface area contributed by atoms with Crippen LogP contribution in [-0.4, -0.2) is 30.2 Å². The molecule has 0 saturated heterocycles. The third kappa shape index (κ3) is 2.88. The molecule has 0 spiro atoms. The average molecular weight is 394 g/mol. The first kappa shape index (κ1) is 20.3. The Labute approximate surface area is 167 Å². The molecule has 0 fully saturated rings. The lowest BCUT2D eigenvalue weighted by atomic mass is 9.92. The first-order valence-electron chi connectivity index (χ1n) is 9.79. The summed E-state index contributed by atoms with van der Waals surface area (Å²) < 4.78 is 0. The first-order valence-corrected chi connectivity index (χ1v) is 12.0. The van der Waals surface area contributed by atoms with Gasteiger partial charge in [-0.05, 0) is 40.2 Å². The van der Waals surface area contributed by atoms with Crippen LogP contribution >= 0.6 is 0 Å². The molecule has 0 aromatic heterocycles. The van der Waals surface area contributed by atoms with Crippen LogP contribution in [-0.2, 0) is 0 Å². The third-order valence-corrected chi connectivity index (χ3v) is 12.5. The summed E-state index contributed by atoms with van der Waals surface area (Å²) in [6.45, 7) is 13.6. The number of imide groups is 1. The Morgan fingerprint density at radius 1 is 0.857 bits per heavy atom. The summed E-state index contributed by atoms with van der Waals surface area (Å²) in [5.74, 6) is 2.05. The maximum atomic E-state index is 12.3. The van der Waals surface area contributed by atoms with Gasteiger partial charge in [-0.3, -0.25) is 14.8 Å². The van der Waals surface area contributed by atoms with Crippen LogP contribution in [0, 0.1) is 11.5 Å². The van der Waals surface area contributed by atoms with Gasteiger partial charge in [0, 0.05) is 10.9 Å². The van der Waals surface area contributed by atoms with Crippen LogP contribution in [0.2, 0.25) is 16.6 Å². The van der Waals surface area contributed by atoms with Crippen molar-refractivity contribution in [3.8, 4) is 11.5 Å². The van der Waals surface area contributed by atoms with E-state index in [1.165, 1.54) is 0 Å². The van der Waals surface area contributed by atoms with E-state index in [9.17, 15) is 14.8 Å². The van der Waals surface area contributed by atoms with E-state index in [4.69, 9.17) is 0 Å². The summed E-state index contributed by atoms with van der Waals surface area (Å²) in [4.78, 5) is 24.7. The van der Waals surface area contributed by atoms with E-state index in [-0.39, 0.29) is 5.06 Å². The lowest BCUT2D eigenvalue weighted by molar-refractivity contribution is -0.0377. The van der Waals surface area contributed by atoms with Crippen LogP contribution in [0.4, 0.5) is 0 Å². The van der Waals surface area contributed by atoms with Crippen molar-refractivity contribution in [1.82, 2.24) is 5.06 Å². The van der Waals surface area contributed by atoms with Gasteiger partial charge in [0.05, 0.1) is 11.1 Å². The van der Waals surface area contributed by atoms with E-state index < -0.39 is 19.9 Å². The van der Waals surface area contributed by atoms with Crippen LogP contribution in [0.5, 0.6) is 0 Å². The quantitative estimate of drug-likeness (QED) is 0.329. The number of nitrogens with zero attached hydrogens (tertiary/aromatic N) is 1. The van der Waals surface area contributed by atoms with Gasteiger partial charge in [0.2, 0.25) is 0 Å². The second-order valence-electron chi connectivity index (χ2n) is 8.46. The molecule has 1 heterocycles. The second kappa shape index (κ2) is 7.19. The van der Waals surface area contributed by atoms with Crippen molar-refractivity contribution in [2.24, 2.45) is 0 Å². The van der Waals surface area contributed by atoms with Gasteiger partial charge in [-0.25, -0.2) is 0 Å². The van der Waals surface area contributed by atoms with Crippen LogP contribution in [0.25, 0.3) is 10.8 Å². The monoisotopic (exact) mass is 393 g/mol. The number of carbonyl (C=O) groups excluding carboxylic acids is 2. The summed E-state index contributed by atoms with van der Waals surface area (Å²) in [7, 11) is -1.90. The van der Waals surface area contributed by atoms with Crippen LogP contribution in [0.1, 0.15) is 67.8 Å². The predicted octanol–water partition coefficient (Wildman–Crippen LogP) is 5.39.